The SMILES string of the molecule is CCCCCCCCN(C(=O)C(CO)NC(=O)OC(C)(C)C)C(C(=O)NC(C)C)c1ccc(CC)cc1. The van der Waals surface area contributed by atoms with Gasteiger partial charge in [0.25, 0.3) is 0 Å². The Labute approximate surface area is 223 Å². The van der Waals surface area contributed by atoms with Gasteiger partial charge in [-0.25, -0.2) is 4.79 Å². The van der Waals surface area contributed by atoms with Crippen LogP contribution >= 0.6 is 0 Å². The molecule has 0 radical (unpaired) electrons. The van der Waals surface area contributed by atoms with E-state index in [1.165, 1.54) is 4.90 Å². The van der Waals surface area contributed by atoms with Crippen molar-refractivity contribution in [2.75, 3.05) is 13.2 Å². The van der Waals surface area contributed by atoms with Gasteiger partial charge in [0.1, 0.15) is 17.7 Å². The van der Waals surface area contributed by atoms with Gasteiger partial charge in [-0.2, -0.15) is 0 Å². The van der Waals surface area contributed by atoms with Crippen molar-refractivity contribution in [3.8, 4) is 0 Å². The van der Waals surface area contributed by atoms with Crippen LogP contribution in [0.2, 0.25) is 0 Å². The molecule has 0 aliphatic heterocycles. The van der Waals surface area contributed by atoms with Crippen LogP contribution in [-0.4, -0.2) is 58.8 Å². The molecule has 1 aromatic carbocycles. The Morgan fingerprint density at radius 1 is 0.946 bits per heavy atom. The fourth-order valence-electron chi connectivity index (χ4n) is 4.04. The molecule has 3 amide bonds. The Balaban J connectivity index is 3.32. The number of aliphatic hydroxyl groups is 1. The molecule has 210 valence electrons. The van der Waals surface area contributed by atoms with E-state index < -0.39 is 36.3 Å². The Hall–Kier alpha value is -2.61. The van der Waals surface area contributed by atoms with Crippen molar-refractivity contribution >= 4 is 17.9 Å². The topological polar surface area (TPSA) is 108 Å². The maximum Gasteiger partial charge on any atom is 0.408 e. The van der Waals surface area contributed by atoms with Gasteiger partial charge in [0.15, 0.2) is 0 Å². The molecule has 1 rings (SSSR count). The Morgan fingerprint density at radius 2 is 1.54 bits per heavy atom. The molecule has 3 N–H and O–H groups in total. The second-order valence-electron chi connectivity index (χ2n) is 10.8. The molecule has 8 heteroatoms. The van der Waals surface area contributed by atoms with E-state index in [0.29, 0.717) is 18.5 Å². The minimum absolute atomic E-state index is 0.121. The van der Waals surface area contributed by atoms with Gasteiger partial charge in [-0.3, -0.25) is 9.59 Å². The summed E-state index contributed by atoms with van der Waals surface area (Å²) in [6.07, 6.45) is 6.16. The molecule has 0 saturated carbocycles. The third kappa shape index (κ3) is 12.0. The third-order valence-corrected chi connectivity index (χ3v) is 5.90. The molecule has 1 aromatic rings. The number of aryl methyl sites for hydroxylation is 1. The second-order valence-corrected chi connectivity index (χ2v) is 10.8. The number of carbonyl (C=O) groups excluding carboxylic acids is 3. The molecule has 0 aliphatic carbocycles. The highest BCUT2D eigenvalue weighted by atomic mass is 16.6. The van der Waals surface area contributed by atoms with Crippen molar-refractivity contribution in [3.05, 3.63) is 35.4 Å². The number of unbranched alkanes of at least 4 members (excludes halogenated alkanes) is 5. The Morgan fingerprint density at radius 3 is 2.05 bits per heavy atom. The minimum atomic E-state index is -1.24. The summed E-state index contributed by atoms with van der Waals surface area (Å²) in [6, 6.07) is 5.41. The molecule has 0 heterocycles. The lowest BCUT2D eigenvalue weighted by Gasteiger charge is -2.34. The molecule has 37 heavy (non-hydrogen) atoms. The van der Waals surface area contributed by atoms with Gasteiger partial charge >= 0.3 is 6.09 Å². The number of aliphatic hydroxyl groups excluding tert-OH is 1. The lowest BCUT2D eigenvalue weighted by atomic mass is 9.99. The third-order valence-electron chi connectivity index (χ3n) is 5.90. The van der Waals surface area contributed by atoms with Crippen molar-refractivity contribution in [3.63, 3.8) is 0 Å². The molecular weight excluding hydrogens is 470 g/mol. The smallest absolute Gasteiger partial charge is 0.408 e. The summed E-state index contributed by atoms with van der Waals surface area (Å²) in [5.74, 6) is -0.821. The van der Waals surface area contributed by atoms with Gasteiger partial charge in [-0.1, -0.05) is 70.2 Å². The molecule has 8 nitrogen and oxygen atoms in total. The number of hydrogen-bond acceptors (Lipinski definition) is 5. The van der Waals surface area contributed by atoms with Gasteiger partial charge in [0.05, 0.1) is 6.61 Å². The van der Waals surface area contributed by atoms with Crippen molar-refractivity contribution in [2.24, 2.45) is 0 Å². The largest absolute Gasteiger partial charge is 0.444 e. The van der Waals surface area contributed by atoms with Crippen LogP contribution in [0.1, 0.15) is 104 Å². The van der Waals surface area contributed by atoms with Gasteiger partial charge < -0.3 is 25.4 Å². The molecule has 2 atom stereocenters. The van der Waals surface area contributed by atoms with Crippen LogP contribution in [0, 0.1) is 0 Å². The van der Waals surface area contributed by atoms with Crippen molar-refractivity contribution < 1.29 is 24.2 Å². The van der Waals surface area contributed by atoms with E-state index in [4.69, 9.17) is 4.74 Å². The highest BCUT2D eigenvalue weighted by molar-refractivity contribution is 5.92. The van der Waals surface area contributed by atoms with E-state index in [1.807, 2.05) is 38.1 Å². The summed E-state index contributed by atoms with van der Waals surface area (Å²) < 4.78 is 5.30. The van der Waals surface area contributed by atoms with Gasteiger partial charge in [0, 0.05) is 12.6 Å². The summed E-state index contributed by atoms with van der Waals surface area (Å²) in [6.45, 7) is 12.8. The zero-order valence-electron chi connectivity index (χ0n) is 23.9. The van der Waals surface area contributed by atoms with Crippen molar-refractivity contribution in [1.82, 2.24) is 15.5 Å². The molecular formula is C29H49N3O5. The molecule has 2 unspecified atom stereocenters. The lowest BCUT2D eigenvalue weighted by Crippen LogP contribution is -2.55. The summed E-state index contributed by atoms with van der Waals surface area (Å²) in [5, 5.41) is 15.5. The van der Waals surface area contributed by atoms with Gasteiger partial charge in [-0.15, -0.1) is 0 Å². The second kappa shape index (κ2) is 16.3. The number of amides is 3. The van der Waals surface area contributed by atoms with Crippen LogP contribution in [0.15, 0.2) is 24.3 Å². The van der Waals surface area contributed by atoms with Crippen LogP contribution in [-0.2, 0) is 20.7 Å². The zero-order valence-corrected chi connectivity index (χ0v) is 23.9. The summed E-state index contributed by atoms with van der Waals surface area (Å²) in [5.41, 5.74) is 1.05. The predicted octanol–water partition coefficient (Wildman–Crippen LogP) is 4.89. The zero-order chi connectivity index (χ0) is 28.0. The number of rotatable bonds is 15. The van der Waals surface area contributed by atoms with E-state index in [1.54, 1.807) is 20.8 Å². The van der Waals surface area contributed by atoms with Gasteiger partial charge in [-0.05, 0) is 58.6 Å². The fraction of sp³-hybridized carbons (Fsp3) is 0.690. The first-order valence-electron chi connectivity index (χ1n) is 13.7. The van der Waals surface area contributed by atoms with E-state index >= 15 is 0 Å². The van der Waals surface area contributed by atoms with Crippen LogP contribution in [0.4, 0.5) is 4.79 Å². The fourth-order valence-corrected chi connectivity index (χ4v) is 4.04. The van der Waals surface area contributed by atoms with Crippen LogP contribution in [0.5, 0.6) is 0 Å². The predicted molar refractivity (Wildman–Crippen MR) is 147 cm³/mol. The quantitative estimate of drug-likeness (QED) is 0.286. The number of hydrogen-bond donors (Lipinski definition) is 3. The first-order valence-corrected chi connectivity index (χ1v) is 13.7. The summed E-state index contributed by atoms with van der Waals surface area (Å²) in [4.78, 5) is 41.2. The average molecular weight is 520 g/mol. The van der Waals surface area contributed by atoms with E-state index in [9.17, 15) is 19.5 Å². The number of carbonyl (C=O) groups is 3. The number of ether oxygens (including phenoxy) is 1. The van der Waals surface area contributed by atoms with E-state index in [2.05, 4.69) is 24.5 Å². The van der Waals surface area contributed by atoms with E-state index in [0.717, 1.165) is 44.1 Å². The lowest BCUT2D eigenvalue weighted by molar-refractivity contribution is -0.143. The standard InChI is InChI=1S/C29H49N3O5/c1-8-10-11-12-13-14-19-32(27(35)24(20-33)31-28(36)37-29(5,6)7)25(26(34)30-21(3)4)23-17-15-22(9-2)16-18-23/h15-18,21,24-25,33H,8-14,19-20H2,1-7H3,(H,30,34)(H,31,36). The first-order chi connectivity index (χ1) is 17.4. The number of alkyl carbamates (subject to hydrolysis) is 1. The van der Waals surface area contributed by atoms with Crippen molar-refractivity contribution in [2.45, 2.75) is 117 Å². The first kappa shape index (κ1) is 32.4. The number of nitrogens with zero attached hydrogens (tertiary/aromatic N) is 1. The van der Waals surface area contributed by atoms with Crippen LogP contribution in [0.25, 0.3) is 0 Å². The highest BCUT2D eigenvalue weighted by Gasteiger charge is 2.36. The van der Waals surface area contributed by atoms with Gasteiger partial charge in [0.2, 0.25) is 11.8 Å². The van der Waals surface area contributed by atoms with Crippen LogP contribution in [0.3, 0.4) is 0 Å². The number of benzene rings is 1. The maximum absolute atomic E-state index is 13.8. The molecule has 0 fully saturated rings. The normalized spacial score (nSPS) is 13.1. The molecule has 0 saturated heterocycles. The van der Waals surface area contributed by atoms with Crippen LogP contribution < -0.4 is 10.6 Å². The monoisotopic (exact) mass is 519 g/mol. The molecule has 0 bridgehead atoms. The molecule has 0 aromatic heterocycles. The summed E-state index contributed by atoms with van der Waals surface area (Å²) >= 11 is 0. The summed E-state index contributed by atoms with van der Waals surface area (Å²) in [7, 11) is 0. The number of nitrogens with one attached hydrogen (secondary N) is 2. The molecule has 0 aliphatic rings. The minimum Gasteiger partial charge on any atom is -0.444 e. The maximum atomic E-state index is 13.8. The average Bonchev–Trinajstić information content (AvgIpc) is 2.82. The molecule has 0 spiro atoms. The van der Waals surface area contributed by atoms with Crippen molar-refractivity contribution in [1.29, 1.82) is 0 Å². The van der Waals surface area contributed by atoms with E-state index in [-0.39, 0.29) is 11.9 Å². The highest BCUT2D eigenvalue weighted by Crippen LogP contribution is 2.25. The Bertz CT molecular complexity index is 833. The Kier molecular flexibility index (Phi) is 14.3.